The van der Waals surface area contributed by atoms with E-state index in [-0.39, 0.29) is 5.69 Å². The molecule has 0 radical (unpaired) electrons. The van der Waals surface area contributed by atoms with Crippen LogP contribution in [0.1, 0.15) is 18.2 Å². The van der Waals surface area contributed by atoms with Crippen LogP contribution in [0.5, 0.6) is 0 Å². The van der Waals surface area contributed by atoms with Crippen LogP contribution in [0.2, 0.25) is 0 Å². The average Bonchev–Trinajstić information content (AvgIpc) is 2.77. The minimum atomic E-state index is -0.404. The first kappa shape index (κ1) is 14.5. The zero-order valence-corrected chi connectivity index (χ0v) is 12.8. The molecule has 0 fully saturated rings. The number of rotatable bonds is 5. The summed E-state index contributed by atoms with van der Waals surface area (Å²) < 4.78 is 2.57. The van der Waals surface area contributed by atoms with E-state index in [1.807, 2.05) is 13.2 Å². The fourth-order valence-corrected chi connectivity index (χ4v) is 2.37. The van der Waals surface area contributed by atoms with Crippen molar-refractivity contribution in [3.05, 3.63) is 50.2 Å². The molecule has 0 aliphatic heterocycles. The van der Waals surface area contributed by atoms with Gasteiger partial charge in [0.1, 0.15) is 0 Å². The molecule has 0 unspecified atom stereocenters. The summed E-state index contributed by atoms with van der Waals surface area (Å²) in [5.41, 5.74) is 2.89. The molecule has 0 saturated carbocycles. The van der Waals surface area contributed by atoms with Crippen molar-refractivity contribution < 1.29 is 4.92 Å². The number of non-ortho nitro benzene ring substituents is 1. The SMILES string of the molecule is CCc1nn(C)cc1CNc1cc([N+](=O)[O-])ccc1Br. The molecule has 2 rings (SSSR count). The predicted molar refractivity (Wildman–Crippen MR) is 80.7 cm³/mol. The van der Waals surface area contributed by atoms with Gasteiger partial charge in [0, 0.05) is 42.0 Å². The number of aryl methyl sites for hydroxylation is 2. The Morgan fingerprint density at radius 1 is 1.50 bits per heavy atom. The lowest BCUT2D eigenvalue weighted by atomic mass is 10.2. The van der Waals surface area contributed by atoms with Crippen LogP contribution < -0.4 is 5.32 Å². The molecule has 2 aromatic rings. The van der Waals surface area contributed by atoms with Gasteiger partial charge in [0.2, 0.25) is 0 Å². The Morgan fingerprint density at radius 2 is 2.25 bits per heavy atom. The number of halogens is 1. The largest absolute Gasteiger partial charge is 0.380 e. The zero-order chi connectivity index (χ0) is 14.7. The fraction of sp³-hybridized carbons (Fsp3) is 0.308. The van der Waals surface area contributed by atoms with Gasteiger partial charge in [-0.1, -0.05) is 6.92 Å². The van der Waals surface area contributed by atoms with Crippen molar-refractivity contribution in [2.24, 2.45) is 7.05 Å². The summed E-state index contributed by atoms with van der Waals surface area (Å²) in [7, 11) is 1.88. The molecule has 0 spiro atoms. The zero-order valence-electron chi connectivity index (χ0n) is 11.3. The predicted octanol–water partition coefficient (Wildman–Crippen LogP) is 3.27. The highest BCUT2D eigenvalue weighted by molar-refractivity contribution is 9.10. The Bertz CT molecular complexity index is 639. The quantitative estimate of drug-likeness (QED) is 0.670. The standard InChI is InChI=1S/C13H15BrN4O2/c1-3-12-9(8-17(2)16-12)7-15-13-6-10(18(19)20)4-5-11(13)14/h4-6,8,15H,3,7H2,1-2H3. The molecule has 0 saturated heterocycles. The van der Waals surface area contributed by atoms with E-state index in [4.69, 9.17) is 0 Å². The normalized spacial score (nSPS) is 10.6. The molecule has 1 aromatic carbocycles. The molecule has 106 valence electrons. The number of nitro benzene ring substituents is 1. The van der Waals surface area contributed by atoms with Gasteiger partial charge in [-0.2, -0.15) is 5.10 Å². The van der Waals surface area contributed by atoms with Crippen LogP contribution in [0.15, 0.2) is 28.9 Å². The van der Waals surface area contributed by atoms with E-state index in [2.05, 4.69) is 33.3 Å². The molecule has 0 atom stereocenters. The Morgan fingerprint density at radius 3 is 2.90 bits per heavy atom. The monoisotopic (exact) mass is 338 g/mol. The number of hydrogen-bond acceptors (Lipinski definition) is 4. The molecule has 0 aliphatic carbocycles. The van der Waals surface area contributed by atoms with Crippen LogP contribution >= 0.6 is 15.9 Å². The first-order chi connectivity index (χ1) is 9.51. The summed E-state index contributed by atoms with van der Waals surface area (Å²) >= 11 is 3.39. The van der Waals surface area contributed by atoms with E-state index in [0.717, 1.165) is 22.2 Å². The second kappa shape index (κ2) is 6.04. The summed E-state index contributed by atoms with van der Waals surface area (Å²) in [5.74, 6) is 0. The van der Waals surface area contributed by atoms with E-state index in [9.17, 15) is 10.1 Å². The van der Waals surface area contributed by atoms with Crippen molar-refractivity contribution in [1.29, 1.82) is 0 Å². The highest BCUT2D eigenvalue weighted by Crippen LogP contribution is 2.27. The van der Waals surface area contributed by atoms with E-state index < -0.39 is 4.92 Å². The van der Waals surface area contributed by atoms with Gasteiger partial charge in [0.15, 0.2) is 0 Å². The van der Waals surface area contributed by atoms with E-state index in [1.54, 1.807) is 10.7 Å². The summed E-state index contributed by atoms with van der Waals surface area (Å²) in [5, 5.41) is 18.4. The smallest absolute Gasteiger partial charge is 0.271 e. The van der Waals surface area contributed by atoms with Crippen molar-refractivity contribution in [2.45, 2.75) is 19.9 Å². The van der Waals surface area contributed by atoms with Gasteiger partial charge >= 0.3 is 0 Å². The second-order valence-corrected chi connectivity index (χ2v) is 5.26. The summed E-state index contributed by atoms with van der Waals surface area (Å²) in [6.07, 6.45) is 2.81. The Kier molecular flexibility index (Phi) is 4.39. The third-order valence-electron chi connectivity index (χ3n) is 2.96. The Labute approximate surface area is 125 Å². The van der Waals surface area contributed by atoms with E-state index in [1.165, 1.54) is 12.1 Å². The maximum absolute atomic E-state index is 10.8. The molecule has 0 aliphatic rings. The molecular formula is C13H15BrN4O2. The number of nitro groups is 1. The molecule has 0 bridgehead atoms. The molecule has 7 heteroatoms. The summed E-state index contributed by atoms with van der Waals surface area (Å²) in [4.78, 5) is 10.4. The third kappa shape index (κ3) is 3.16. The molecular weight excluding hydrogens is 324 g/mol. The van der Waals surface area contributed by atoms with Gasteiger partial charge < -0.3 is 5.32 Å². The van der Waals surface area contributed by atoms with Gasteiger partial charge in [-0.15, -0.1) is 0 Å². The minimum Gasteiger partial charge on any atom is -0.380 e. The average molecular weight is 339 g/mol. The lowest BCUT2D eigenvalue weighted by molar-refractivity contribution is -0.384. The highest BCUT2D eigenvalue weighted by atomic mass is 79.9. The maximum atomic E-state index is 10.8. The van der Waals surface area contributed by atoms with Gasteiger partial charge in [-0.3, -0.25) is 14.8 Å². The number of hydrogen-bond donors (Lipinski definition) is 1. The fourth-order valence-electron chi connectivity index (χ4n) is 1.98. The second-order valence-electron chi connectivity index (χ2n) is 4.40. The number of anilines is 1. The lowest BCUT2D eigenvalue weighted by Crippen LogP contribution is -2.02. The van der Waals surface area contributed by atoms with Crippen molar-refractivity contribution in [3.8, 4) is 0 Å². The first-order valence-electron chi connectivity index (χ1n) is 6.20. The van der Waals surface area contributed by atoms with Gasteiger partial charge in [0.25, 0.3) is 5.69 Å². The van der Waals surface area contributed by atoms with Gasteiger partial charge in [-0.05, 0) is 28.4 Å². The maximum Gasteiger partial charge on any atom is 0.271 e. The Hall–Kier alpha value is -1.89. The number of benzene rings is 1. The molecule has 6 nitrogen and oxygen atoms in total. The third-order valence-corrected chi connectivity index (χ3v) is 3.65. The van der Waals surface area contributed by atoms with Crippen molar-refractivity contribution >= 4 is 27.3 Å². The van der Waals surface area contributed by atoms with Crippen LogP contribution in [0.3, 0.4) is 0 Å². The van der Waals surface area contributed by atoms with Crippen LogP contribution in [-0.4, -0.2) is 14.7 Å². The topological polar surface area (TPSA) is 73.0 Å². The van der Waals surface area contributed by atoms with Crippen molar-refractivity contribution in [3.63, 3.8) is 0 Å². The minimum absolute atomic E-state index is 0.0672. The van der Waals surface area contributed by atoms with Crippen LogP contribution in [0, 0.1) is 10.1 Å². The van der Waals surface area contributed by atoms with Crippen molar-refractivity contribution in [2.75, 3.05) is 5.32 Å². The van der Waals surface area contributed by atoms with Gasteiger partial charge in [-0.25, -0.2) is 0 Å². The first-order valence-corrected chi connectivity index (χ1v) is 6.99. The lowest BCUT2D eigenvalue weighted by Gasteiger charge is -2.08. The van der Waals surface area contributed by atoms with Gasteiger partial charge in [0.05, 0.1) is 16.3 Å². The molecule has 20 heavy (non-hydrogen) atoms. The van der Waals surface area contributed by atoms with Crippen LogP contribution in [0.25, 0.3) is 0 Å². The van der Waals surface area contributed by atoms with E-state index in [0.29, 0.717) is 12.2 Å². The highest BCUT2D eigenvalue weighted by Gasteiger charge is 2.11. The number of nitrogens with one attached hydrogen (secondary N) is 1. The molecule has 1 N–H and O–H groups in total. The van der Waals surface area contributed by atoms with Crippen molar-refractivity contribution in [1.82, 2.24) is 9.78 Å². The Balaban J connectivity index is 2.18. The van der Waals surface area contributed by atoms with Crippen LogP contribution in [0.4, 0.5) is 11.4 Å². The summed E-state index contributed by atoms with van der Waals surface area (Å²) in [6.45, 7) is 2.63. The van der Waals surface area contributed by atoms with E-state index >= 15 is 0 Å². The number of aromatic nitrogens is 2. The molecule has 0 amide bonds. The number of nitrogens with zero attached hydrogens (tertiary/aromatic N) is 3. The molecule has 1 aromatic heterocycles. The summed E-state index contributed by atoms with van der Waals surface area (Å²) in [6, 6.07) is 4.66. The molecule has 1 heterocycles. The van der Waals surface area contributed by atoms with Crippen LogP contribution in [-0.2, 0) is 20.0 Å².